The average Bonchev–Trinajstić information content (AvgIpc) is 2.84. The first-order chi connectivity index (χ1) is 7.33. The summed E-state index contributed by atoms with van der Waals surface area (Å²) in [7, 11) is 0. The molecule has 15 heavy (non-hydrogen) atoms. The normalized spacial score (nSPS) is 28.9. The quantitative estimate of drug-likeness (QED) is 0.719. The van der Waals surface area contributed by atoms with Gasteiger partial charge in [0, 0.05) is 19.0 Å². The Morgan fingerprint density at radius 3 is 3.13 bits per heavy atom. The predicted octanol–water partition coefficient (Wildman–Crippen LogP) is 1.02. The van der Waals surface area contributed by atoms with E-state index < -0.39 is 0 Å². The third-order valence-electron chi connectivity index (χ3n) is 3.22. The van der Waals surface area contributed by atoms with E-state index in [1.165, 1.54) is 11.1 Å². The van der Waals surface area contributed by atoms with Gasteiger partial charge in [0.1, 0.15) is 5.75 Å². The molecular weight excluding hydrogens is 190 g/mol. The van der Waals surface area contributed by atoms with E-state index in [0.29, 0.717) is 12.6 Å². The number of fused-ring (bicyclic) bond motifs is 1. The highest BCUT2D eigenvalue weighted by Crippen LogP contribution is 2.30. The summed E-state index contributed by atoms with van der Waals surface area (Å²) in [5, 5.41) is 12.8. The molecule has 1 aromatic rings. The molecule has 2 aliphatic rings. The summed E-state index contributed by atoms with van der Waals surface area (Å²) >= 11 is 0. The monoisotopic (exact) mass is 205 g/mol. The highest BCUT2D eigenvalue weighted by Gasteiger charge is 2.24. The zero-order valence-electron chi connectivity index (χ0n) is 8.57. The van der Waals surface area contributed by atoms with E-state index in [2.05, 4.69) is 17.4 Å². The van der Waals surface area contributed by atoms with Crippen molar-refractivity contribution in [3.63, 3.8) is 0 Å². The van der Waals surface area contributed by atoms with Crippen molar-refractivity contribution in [3.05, 3.63) is 29.3 Å². The standard InChI is InChI=1S/C12H15NO2/c14-10-6-11(13-7-10)8-1-2-12-9(5-8)3-4-15-12/h1-2,5,10-11,13-14H,3-4,6-7H2. The third kappa shape index (κ3) is 1.62. The molecule has 2 atom stereocenters. The number of aliphatic hydroxyl groups excluding tert-OH is 1. The van der Waals surface area contributed by atoms with Crippen LogP contribution in [0.25, 0.3) is 0 Å². The summed E-state index contributed by atoms with van der Waals surface area (Å²) in [4.78, 5) is 0. The lowest BCUT2D eigenvalue weighted by molar-refractivity contribution is 0.193. The van der Waals surface area contributed by atoms with E-state index in [1.54, 1.807) is 0 Å². The molecule has 0 aliphatic carbocycles. The van der Waals surface area contributed by atoms with Crippen LogP contribution in [0, 0.1) is 0 Å². The number of ether oxygens (including phenoxy) is 1. The van der Waals surface area contributed by atoms with E-state index in [-0.39, 0.29) is 6.10 Å². The number of aliphatic hydroxyl groups is 1. The second-order valence-electron chi connectivity index (χ2n) is 4.32. The van der Waals surface area contributed by atoms with E-state index in [0.717, 1.165) is 25.2 Å². The Bertz CT molecular complexity index is 378. The third-order valence-corrected chi connectivity index (χ3v) is 3.22. The van der Waals surface area contributed by atoms with Gasteiger partial charge in [-0.15, -0.1) is 0 Å². The van der Waals surface area contributed by atoms with Gasteiger partial charge in [-0.3, -0.25) is 0 Å². The van der Waals surface area contributed by atoms with Gasteiger partial charge in [0.05, 0.1) is 12.7 Å². The van der Waals surface area contributed by atoms with Crippen LogP contribution in [0.4, 0.5) is 0 Å². The first-order valence-electron chi connectivity index (χ1n) is 5.50. The Morgan fingerprint density at radius 1 is 1.40 bits per heavy atom. The highest BCUT2D eigenvalue weighted by atomic mass is 16.5. The Morgan fingerprint density at radius 2 is 2.33 bits per heavy atom. The fraction of sp³-hybridized carbons (Fsp3) is 0.500. The van der Waals surface area contributed by atoms with Gasteiger partial charge in [-0.1, -0.05) is 12.1 Å². The summed E-state index contributed by atoms with van der Waals surface area (Å²) in [6.45, 7) is 1.51. The van der Waals surface area contributed by atoms with Crippen molar-refractivity contribution in [1.29, 1.82) is 0 Å². The Hall–Kier alpha value is -1.06. The first-order valence-corrected chi connectivity index (χ1v) is 5.50. The number of rotatable bonds is 1. The minimum Gasteiger partial charge on any atom is -0.493 e. The molecule has 0 amide bonds. The van der Waals surface area contributed by atoms with Gasteiger partial charge in [-0.2, -0.15) is 0 Å². The molecule has 2 heterocycles. The lowest BCUT2D eigenvalue weighted by Gasteiger charge is -2.11. The maximum Gasteiger partial charge on any atom is 0.122 e. The predicted molar refractivity (Wildman–Crippen MR) is 57.0 cm³/mol. The van der Waals surface area contributed by atoms with Crippen LogP contribution in [0.15, 0.2) is 18.2 Å². The summed E-state index contributed by atoms with van der Waals surface area (Å²) < 4.78 is 5.47. The highest BCUT2D eigenvalue weighted by molar-refractivity contribution is 5.41. The molecule has 3 rings (SSSR count). The van der Waals surface area contributed by atoms with E-state index in [1.807, 2.05) is 6.07 Å². The number of β-amino-alcohol motifs (C(OH)–C–C–N with tert-alkyl or cyclic N) is 1. The van der Waals surface area contributed by atoms with Gasteiger partial charge in [-0.25, -0.2) is 0 Å². The van der Waals surface area contributed by atoms with Gasteiger partial charge < -0.3 is 15.2 Å². The fourth-order valence-electron chi connectivity index (χ4n) is 2.39. The van der Waals surface area contributed by atoms with Gasteiger partial charge in [0.25, 0.3) is 0 Å². The minimum absolute atomic E-state index is 0.195. The number of benzene rings is 1. The molecule has 0 bridgehead atoms. The largest absolute Gasteiger partial charge is 0.493 e. The Labute approximate surface area is 89.1 Å². The number of hydrogen-bond donors (Lipinski definition) is 2. The van der Waals surface area contributed by atoms with Crippen LogP contribution in [0.5, 0.6) is 5.75 Å². The molecule has 1 saturated heterocycles. The van der Waals surface area contributed by atoms with Crippen molar-refractivity contribution in [3.8, 4) is 5.75 Å². The lowest BCUT2D eigenvalue weighted by Crippen LogP contribution is -2.14. The molecule has 2 N–H and O–H groups in total. The van der Waals surface area contributed by atoms with Crippen molar-refractivity contribution in [2.45, 2.75) is 25.0 Å². The molecule has 1 fully saturated rings. The molecule has 3 heteroatoms. The molecule has 0 saturated carbocycles. The summed E-state index contributed by atoms with van der Waals surface area (Å²) in [6.07, 6.45) is 1.64. The molecule has 3 nitrogen and oxygen atoms in total. The molecule has 1 aromatic carbocycles. The zero-order chi connectivity index (χ0) is 10.3. The molecule has 80 valence electrons. The first kappa shape index (κ1) is 9.19. The lowest BCUT2D eigenvalue weighted by atomic mass is 10.0. The van der Waals surface area contributed by atoms with E-state index in [4.69, 9.17) is 4.74 Å². The van der Waals surface area contributed by atoms with Crippen LogP contribution >= 0.6 is 0 Å². The van der Waals surface area contributed by atoms with Gasteiger partial charge in [-0.05, 0) is 23.6 Å². The maximum atomic E-state index is 9.47. The van der Waals surface area contributed by atoms with E-state index >= 15 is 0 Å². The van der Waals surface area contributed by atoms with Gasteiger partial charge in [0.15, 0.2) is 0 Å². The van der Waals surface area contributed by atoms with Crippen LogP contribution < -0.4 is 10.1 Å². The van der Waals surface area contributed by atoms with Crippen molar-refractivity contribution < 1.29 is 9.84 Å². The molecule has 0 spiro atoms. The molecule has 2 aliphatic heterocycles. The van der Waals surface area contributed by atoms with Crippen molar-refractivity contribution in [1.82, 2.24) is 5.32 Å². The Kier molecular flexibility index (Phi) is 2.15. The number of hydrogen-bond acceptors (Lipinski definition) is 3. The summed E-state index contributed by atoms with van der Waals surface area (Å²) in [5.41, 5.74) is 2.58. The van der Waals surface area contributed by atoms with Crippen LogP contribution in [0.3, 0.4) is 0 Å². The van der Waals surface area contributed by atoms with E-state index in [9.17, 15) is 5.11 Å². The second kappa shape index (κ2) is 3.51. The zero-order valence-corrected chi connectivity index (χ0v) is 8.57. The summed E-state index contributed by atoms with van der Waals surface area (Å²) in [6, 6.07) is 6.66. The minimum atomic E-state index is -0.195. The van der Waals surface area contributed by atoms with Crippen molar-refractivity contribution in [2.75, 3.05) is 13.2 Å². The van der Waals surface area contributed by atoms with Crippen LogP contribution in [0.1, 0.15) is 23.6 Å². The molecule has 2 unspecified atom stereocenters. The van der Waals surface area contributed by atoms with Gasteiger partial charge >= 0.3 is 0 Å². The molecule has 0 aromatic heterocycles. The summed E-state index contributed by atoms with van der Waals surface area (Å²) in [5.74, 6) is 1.03. The SMILES string of the molecule is OC1CNC(c2ccc3c(c2)CCO3)C1. The fourth-order valence-corrected chi connectivity index (χ4v) is 2.39. The second-order valence-corrected chi connectivity index (χ2v) is 4.32. The molecular formula is C12H15NO2. The van der Waals surface area contributed by atoms with Crippen molar-refractivity contribution >= 4 is 0 Å². The van der Waals surface area contributed by atoms with Crippen LogP contribution in [-0.4, -0.2) is 24.4 Å². The topological polar surface area (TPSA) is 41.5 Å². The van der Waals surface area contributed by atoms with Gasteiger partial charge in [0.2, 0.25) is 0 Å². The van der Waals surface area contributed by atoms with Crippen LogP contribution in [-0.2, 0) is 6.42 Å². The molecule has 0 radical (unpaired) electrons. The van der Waals surface area contributed by atoms with Crippen LogP contribution in [0.2, 0.25) is 0 Å². The number of nitrogens with one attached hydrogen (secondary N) is 1. The average molecular weight is 205 g/mol. The van der Waals surface area contributed by atoms with Crippen molar-refractivity contribution in [2.24, 2.45) is 0 Å². The Balaban J connectivity index is 1.87. The maximum absolute atomic E-state index is 9.47. The smallest absolute Gasteiger partial charge is 0.122 e.